The van der Waals surface area contributed by atoms with Crippen molar-refractivity contribution in [2.24, 2.45) is 5.92 Å². The topological polar surface area (TPSA) is 61.4 Å². The van der Waals surface area contributed by atoms with Gasteiger partial charge < -0.3 is 15.5 Å². The van der Waals surface area contributed by atoms with Crippen LogP contribution in [-0.2, 0) is 4.79 Å². The monoisotopic (exact) mass is 377 g/mol. The number of fused-ring (bicyclic) bond motifs is 1. The lowest BCUT2D eigenvalue weighted by Gasteiger charge is -2.33. The van der Waals surface area contributed by atoms with Gasteiger partial charge in [0.2, 0.25) is 5.91 Å². The maximum atomic E-state index is 13.2. The molecule has 1 aromatic rings. The van der Waals surface area contributed by atoms with Crippen molar-refractivity contribution in [1.82, 2.24) is 15.5 Å². The van der Waals surface area contributed by atoms with Gasteiger partial charge in [-0.25, -0.2) is 0 Å². The van der Waals surface area contributed by atoms with Crippen LogP contribution >= 0.6 is 11.6 Å². The van der Waals surface area contributed by atoms with Crippen molar-refractivity contribution in [2.75, 3.05) is 19.6 Å². The van der Waals surface area contributed by atoms with Gasteiger partial charge in [-0.1, -0.05) is 31.4 Å². The third-order valence-corrected chi connectivity index (χ3v) is 5.82. The molecule has 0 spiro atoms. The summed E-state index contributed by atoms with van der Waals surface area (Å²) in [6, 6.07) is 6.77. The first-order valence-corrected chi connectivity index (χ1v) is 10.1. The molecule has 3 unspecified atom stereocenters. The average molecular weight is 378 g/mol. The van der Waals surface area contributed by atoms with Gasteiger partial charge >= 0.3 is 0 Å². The smallest absolute Gasteiger partial charge is 0.254 e. The third kappa shape index (κ3) is 4.21. The molecule has 1 saturated heterocycles. The van der Waals surface area contributed by atoms with E-state index in [4.69, 9.17) is 11.6 Å². The number of halogens is 1. The number of amides is 2. The number of carbonyl (C=O) groups excluding carboxylic acids is 2. The number of nitrogens with one attached hydrogen (secondary N) is 2. The van der Waals surface area contributed by atoms with E-state index in [0.29, 0.717) is 23.0 Å². The van der Waals surface area contributed by atoms with Crippen molar-refractivity contribution in [2.45, 2.75) is 51.1 Å². The van der Waals surface area contributed by atoms with Crippen molar-refractivity contribution in [1.29, 1.82) is 0 Å². The highest BCUT2D eigenvalue weighted by atomic mass is 35.5. The lowest BCUT2D eigenvalue weighted by molar-refractivity contribution is -0.125. The Kier molecular flexibility index (Phi) is 6.54. The number of hydrogen-bond acceptors (Lipinski definition) is 3. The number of carbonyl (C=O) groups is 2. The fourth-order valence-electron chi connectivity index (χ4n) is 4.30. The summed E-state index contributed by atoms with van der Waals surface area (Å²) in [6.45, 7) is 4.25. The van der Waals surface area contributed by atoms with Crippen molar-refractivity contribution < 1.29 is 9.59 Å². The van der Waals surface area contributed by atoms with E-state index >= 15 is 0 Å². The maximum absolute atomic E-state index is 13.2. The molecule has 0 aromatic heterocycles. The summed E-state index contributed by atoms with van der Waals surface area (Å²) in [4.78, 5) is 27.8. The number of likely N-dealkylation sites (tertiary alicyclic amines) is 1. The molecule has 3 atom stereocenters. The predicted octanol–water partition coefficient (Wildman–Crippen LogP) is 2.84. The van der Waals surface area contributed by atoms with Gasteiger partial charge in [0.25, 0.3) is 5.91 Å². The quantitative estimate of drug-likeness (QED) is 0.749. The molecule has 5 nitrogen and oxygen atoms in total. The second-order valence-electron chi connectivity index (χ2n) is 7.23. The average Bonchev–Trinajstić information content (AvgIpc) is 3.05. The summed E-state index contributed by atoms with van der Waals surface area (Å²) in [5.74, 6) is 0.354. The van der Waals surface area contributed by atoms with Crippen LogP contribution in [0.5, 0.6) is 0 Å². The van der Waals surface area contributed by atoms with Crippen LogP contribution < -0.4 is 10.6 Å². The summed E-state index contributed by atoms with van der Waals surface area (Å²) in [5.41, 5.74) is 0.603. The lowest BCUT2D eigenvalue weighted by Crippen LogP contribution is -2.50. The van der Waals surface area contributed by atoms with Gasteiger partial charge in [0.15, 0.2) is 0 Å². The first-order valence-electron chi connectivity index (χ1n) is 9.68. The molecule has 0 radical (unpaired) electrons. The van der Waals surface area contributed by atoms with E-state index < -0.39 is 0 Å². The molecular weight excluding hydrogens is 350 g/mol. The zero-order valence-electron chi connectivity index (χ0n) is 15.3. The zero-order valence-corrected chi connectivity index (χ0v) is 16.1. The SMILES string of the molecule is CCNCCNC(=O)C1CC2CCCCC2N1C(=O)c1ccc(Cl)cc1. The second-order valence-corrected chi connectivity index (χ2v) is 7.66. The molecule has 0 bridgehead atoms. The number of hydrogen-bond donors (Lipinski definition) is 2. The minimum atomic E-state index is -0.368. The van der Waals surface area contributed by atoms with E-state index in [0.717, 1.165) is 38.8 Å². The highest BCUT2D eigenvalue weighted by Gasteiger charge is 2.47. The highest BCUT2D eigenvalue weighted by molar-refractivity contribution is 6.30. The largest absolute Gasteiger partial charge is 0.353 e. The van der Waals surface area contributed by atoms with Crippen LogP contribution in [-0.4, -0.2) is 48.4 Å². The van der Waals surface area contributed by atoms with Gasteiger partial charge in [-0.3, -0.25) is 9.59 Å². The van der Waals surface area contributed by atoms with E-state index in [2.05, 4.69) is 10.6 Å². The molecule has 1 aliphatic heterocycles. The van der Waals surface area contributed by atoms with Crippen LogP contribution in [0.1, 0.15) is 49.4 Å². The Balaban J connectivity index is 1.76. The normalized spacial score (nSPS) is 25.0. The summed E-state index contributed by atoms with van der Waals surface area (Å²) in [7, 11) is 0. The summed E-state index contributed by atoms with van der Waals surface area (Å²) in [6.07, 6.45) is 5.19. The molecule has 3 rings (SSSR count). The Morgan fingerprint density at radius 3 is 2.62 bits per heavy atom. The van der Waals surface area contributed by atoms with Gasteiger partial charge in [-0.05, 0) is 56.0 Å². The molecule has 26 heavy (non-hydrogen) atoms. The van der Waals surface area contributed by atoms with E-state index in [1.807, 2.05) is 11.8 Å². The Morgan fingerprint density at radius 2 is 1.88 bits per heavy atom. The molecule has 6 heteroatoms. The molecule has 1 aromatic carbocycles. The number of likely N-dealkylation sites (N-methyl/N-ethyl adjacent to an activating group) is 1. The first kappa shape index (κ1) is 19.2. The Bertz CT molecular complexity index is 634. The van der Waals surface area contributed by atoms with Gasteiger partial charge in [0.05, 0.1) is 0 Å². The fourth-order valence-corrected chi connectivity index (χ4v) is 4.42. The standard InChI is InChI=1S/C20H28ClN3O2/c1-2-22-11-12-23-19(25)18-13-15-5-3-4-6-17(15)24(18)20(26)14-7-9-16(21)10-8-14/h7-10,15,17-18,22H,2-6,11-13H2,1H3,(H,23,25). The molecule has 2 fully saturated rings. The molecule has 2 amide bonds. The summed E-state index contributed by atoms with van der Waals surface area (Å²) < 4.78 is 0. The fraction of sp³-hybridized carbons (Fsp3) is 0.600. The Morgan fingerprint density at radius 1 is 1.15 bits per heavy atom. The third-order valence-electron chi connectivity index (χ3n) is 5.57. The molecule has 1 saturated carbocycles. The van der Waals surface area contributed by atoms with Gasteiger partial charge in [0.1, 0.15) is 6.04 Å². The lowest BCUT2D eigenvalue weighted by atomic mass is 9.84. The molecule has 142 valence electrons. The van der Waals surface area contributed by atoms with Crippen LogP contribution in [0.25, 0.3) is 0 Å². The molecule has 1 heterocycles. The van der Waals surface area contributed by atoms with Crippen LogP contribution in [0.3, 0.4) is 0 Å². The maximum Gasteiger partial charge on any atom is 0.254 e. The van der Waals surface area contributed by atoms with Gasteiger partial charge in [0, 0.05) is 29.7 Å². The van der Waals surface area contributed by atoms with Crippen molar-refractivity contribution >= 4 is 23.4 Å². The van der Waals surface area contributed by atoms with Gasteiger partial charge in [-0.15, -0.1) is 0 Å². The van der Waals surface area contributed by atoms with Crippen molar-refractivity contribution in [3.63, 3.8) is 0 Å². The molecule has 1 aliphatic carbocycles. The van der Waals surface area contributed by atoms with Crippen LogP contribution in [0.2, 0.25) is 5.02 Å². The number of benzene rings is 1. The van der Waals surface area contributed by atoms with E-state index in [1.165, 1.54) is 6.42 Å². The van der Waals surface area contributed by atoms with Gasteiger partial charge in [-0.2, -0.15) is 0 Å². The van der Waals surface area contributed by atoms with Crippen molar-refractivity contribution in [3.05, 3.63) is 34.9 Å². The van der Waals surface area contributed by atoms with E-state index in [1.54, 1.807) is 24.3 Å². The van der Waals surface area contributed by atoms with E-state index in [-0.39, 0.29) is 23.9 Å². The van der Waals surface area contributed by atoms with Crippen LogP contribution in [0.4, 0.5) is 0 Å². The van der Waals surface area contributed by atoms with E-state index in [9.17, 15) is 9.59 Å². The van der Waals surface area contributed by atoms with Crippen molar-refractivity contribution in [3.8, 4) is 0 Å². The molecule has 2 aliphatic rings. The Hall–Kier alpha value is -1.59. The zero-order chi connectivity index (χ0) is 18.5. The Labute approximate surface area is 160 Å². The highest BCUT2D eigenvalue weighted by Crippen LogP contribution is 2.40. The first-order chi connectivity index (χ1) is 12.6. The molecule has 2 N–H and O–H groups in total. The minimum absolute atomic E-state index is 0.0281. The predicted molar refractivity (Wildman–Crippen MR) is 103 cm³/mol. The van der Waals surface area contributed by atoms with Crippen LogP contribution in [0, 0.1) is 5.92 Å². The number of rotatable bonds is 6. The summed E-state index contributed by atoms with van der Waals surface area (Å²) in [5, 5.41) is 6.81. The van der Waals surface area contributed by atoms with Crippen LogP contribution in [0.15, 0.2) is 24.3 Å². The summed E-state index contributed by atoms with van der Waals surface area (Å²) >= 11 is 5.95. The molecular formula is C20H28ClN3O2. The number of nitrogens with zero attached hydrogens (tertiary/aromatic N) is 1. The second kappa shape index (κ2) is 8.87. The minimum Gasteiger partial charge on any atom is -0.353 e.